The maximum absolute atomic E-state index is 12.8. The van der Waals surface area contributed by atoms with Gasteiger partial charge in [0.05, 0.1) is 23.5 Å². The molecule has 0 aliphatic heterocycles. The van der Waals surface area contributed by atoms with Crippen LogP contribution >= 0.6 is 0 Å². The number of carbonyl (C=O) groups excluding carboxylic acids is 1. The van der Waals surface area contributed by atoms with Crippen LogP contribution in [0.15, 0.2) is 35.1 Å². The van der Waals surface area contributed by atoms with E-state index in [4.69, 9.17) is 0 Å². The van der Waals surface area contributed by atoms with Crippen molar-refractivity contribution in [3.63, 3.8) is 0 Å². The largest absolute Gasteiger partial charge is 0.394 e. The van der Waals surface area contributed by atoms with E-state index in [1.54, 1.807) is 25.6 Å². The Morgan fingerprint density at radius 2 is 1.92 bits per heavy atom. The van der Waals surface area contributed by atoms with Gasteiger partial charge in [-0.05, 0) is 32.4 Å². The fraction of sp³-hybridized carbons (Fsp3) is 0.444. The van der Waals surface area contributed by atoms with Crippen LogP contribution in [0.4, 0.5) is 10.5 Å². The highest BCUT2D eigenvalue weighted by atomic mass is 16.3. The molecule has 3 N–H and O–H groups in total. The minimum absolute atomic E-state index is 0.170. The number of benzene rings is 1. The van der Waals surface area contributed by atoms with Crippen molar-refractivity contribution in [3.05, 3.63) is 46.4 Å². The molecule has 25 heavy (non-hydrogen) atoms. The SMILES string of the molecule is CCCC(C)(CO)NC(=O)Nc1c(C)n(C)n(-c2ccccc2)c1=O. The molecule has 7 nitrogen and oxygen atoms in total. The minimum Gasteiger partial charge on any atom is -0.394 e. The lowest BCUT2D eigenvalue weighted by molar-refractivity contribution is 0.167. The van der Waals surface area contributed by atoms with Gasteiger partial charge in [-0.2, -0.15) is 0 Å². The molecule has 2 aromatic rings. The van der Waals surface area contributed by atoms with Gasteiger partial charge in [0.15, 0.2) is 0 Å². The first-order valence-corrected chi connectivity index (χ1v) is 8.37. The number of para-hydroxylation sites is 1. The van der Waals surface area contributed by atoms with Crippen LogP contribution in [0.25, 0.3) is 5.69 Å². The highest BCUT2D eigenvalue weighted by Crippen LogP contribution is 2.15. The molecule has 1 heterocycles. The summed E-state index contributed by atoms with van der Waals surface area (Å²) in [4.78, 5) is 25.1. The molecule has 0 saturated heterocycles. The van der Waals surface area contributed by atoms with E-state index in [0.29, 0.717) is 12.1 Å². The van der Waals surface area contributed by atoms with Crippen molar-refractivity contribution in [3.8, 4) is 5.69 Å². The predicted octanol–water partition coefficient (Wildman–Crippen LogP) is 2.16. The lowest BCUT2D eigenvalue weighted by atomic mass is 9.98. The predicted molar refractivity (Wildman–Crippen MR) is 98.3 cm³/mol. The van der Waals surface area contributed by atoms with E-state index in [1.807, 2.05) is 37.3 Å². The van der Waals surface area contributed by atoms with Crippen molar-refractivity contribution in [2.24, 2.45) is 7.05 Å². The van der Waals surface area contributed by atoms with Gasteiger partial charge in [-0.15, -0.1) is 0 Å². The number of rotatable bonds is 6. The molecule has 7 heteroatoms. The second-order valence-corrected chi connectivity index (χ2v) is 6.48. The zero-order valence-corrected chi connectivity index (χ0v) is 15.2. The zero-order valence-electron chi connectivity index (χ0n) is 15.2. The summed E-state index contributed by atoms with van der Waals surface area (Å²) in [6.07, 6.45) is 1.46. The molecule has 0 saturated carbocycles. The van der Waals surface area contributed by atoms with Crippen LogP contribution in [0.1, 0.15) is 32.4 Å². The molecule has 1 aromatic carbocycles. The third-order valence-corrected chi connectivity index (χ3v) is 4.36. The smallest absolute Gasteiger partial charge is 0.319 e. The molecule has 0 aliphatic rings. The van der Waals surface area contributed by atoms with Gasteiger partial charge >= 0.3 is 6.03 Å². The molecule has 136 valence electrons. The maximum Gasteiger partial charge on any atom is 0.319 e. The number of nitrogens with zero attached hydrogens (tertiary/aromatic N) is 2. The number of nitrogens with one attached hydrogen (secondary N) is 2. The van der Waals surface area contributed by atoms with Gasteiger partial charge in [-0.3, -0.25) is 9.48 Å². The first kappa shape index (κ1) is 18.8. The zero-order chi connectivity index (χ0) is 18.6. The summed E-state index contributed by atoms with van der Waals surface area (Å²) in [5.41, 5.74) is 0.561. The molecule has 1 aromatic heterocycles. The molecule has 2 amide bonds. The lowest BCUT2D eigenvalue weighted by Gasteiger charge is -2.28. The van der Waals surface area contributed by atoms with Crippen LogP contribution in [-0.2, 0) is 7.05 Å². The van der Waals surface area contributed by atoms with Gasteiger partial charge in [-0.1, -0.05) is 31.5 Å². The van der Waals surface area contributed by atoms with Crippen LogP contribution in [0.3, 0.4) is 0 Å². The van der Waals surface area contributed by atoms with Crippen molar-refractivity contribution in [2.45, 2.75) is 39.2 Å². The van der Waals surface area contributed by atoms with Crippen LogP contribution in [0.5, 0.6) is 0 Å². The Hall–Kier alpha value is -2.54. The molecule has 2 rings (SSSR count). The van der Waals surface area contributed by atoms with E-state index >= 15 is 0 Å². The molecule has 0 fully saturated rings. The van der Waals surface area contributed by atoms with Crippen molar-refractivity contribution in [1.29, 1.82) is 0 Å². The monoisotopic (exact) mass is 346 g/mol. The molecular formula is C18H26N4O3. The second-order valence-electron chi connectivity index (χ2n) is 6.48. The Kier molecular flexibility index (Phi) is 5.69. The number of aliphatic hydroxyl groups is 1. The van der Waals surface area contributed by atoms with E-state index in [0.717, 1.165) is 12.1 Å². The number of carbonyl (C=O) groups is 1. The number of aromatic nitrogens is 2. The van der Waals surface area contributed by atoms with E-state index < -0.39 is 11.6 Å². The number of urea groups is 1. The van der Waals surface area contributed by atoms with Gasteiger partial charge < -0.3 is 15.7 Å². The summed E-state index contributed by atoms with van der Waals surface area (Å²) in [5.74, 6) is 0. The lowest BCUT2D eigenvalue weighted by Crippen LogP contribution is -2.50. The van der Waals surface area contributed by atoms with Crippen molar-refractivity contribution in [1.82, 2.24) is 14.7 Å². The second kappa shape index (κ2) is 7.57. The van der Waals surface area contributed by atoms with Gasteiger partial charge in [0.2, 0.25) is 0 Å². The summed E-state index contributed by atoms with van der Waals surface area (Å²) >= 11 is 0. The molecule has 1 unspecified atom stereocenters. The Balaban J connectivity index is 2.30. The number of amides is 2. The first-order valence-electron chi connectivity index (χ1n) is 8.37. The standard InChI is InChI=1S/C18H26N4O3/c1-5-11-18(3,12-23)20-17(25)19-15-13(2)21(4)22(16(15)24)14-9-7-6-8-10-14/h6-10,23H,5,11-12H2,1-4H3,(H2,19,20,25). The summed E-state index contributed by atoms with van der Waals surface area (Å²) in [7, 11) is 1.77. The van der Waals surface area contributed by atoms with Gasteiger partial charge in [0.25, 0.3) is 5.56 Å². The third kappa shape index (κ3) is 3.93. The average Bonchev–Trinajstić information content (AvgIpc) is 2.79. The topological polar surface area (TPSA) is 88.3 Å². The van der Waals surface area contributed by atoms with Gasteiger partial charge in [0.1, 0.15) is 5.69 Å². The molecule has 0 aliphatic carbocycles. The summed E-state index contributed by atoms with van der Waals surface area (Å²) in [6.45, 7) is 5.35. The Labute approximate surface area is 147 Å². The number of hydrogen-bond donors (Lipinski definition) is 3. The highest BCUT2D eigenvalue weighted by molar-refractivity contribution is 5.90. The number of hydrogen-bond acceptors (Lipinski definition) is 3. The quantitative estimate of drug-likeness (QED) is 0.749. The maximum atomic E-state index is 12.8. The van der Waals surface area contributed by atoms with Gasteiger partial charge in [-0.25, -0.2) is 9.48 Å². The van der Waals surface area contributed by atoms with E-state index in [1.165, 1.54) is 4.68 Å². The number of anilines is 1. The molecule has 0 bridgehead atoms. The number of aliphatic hydroxyl groups excluding tert-OH is 1. The average molecular weight is 346 g/mol. The van der Waals surface area contributed by atoms with Crippen LogP contribution < -0.4 is 16.2 Å². The summed E-state index contributed by atoms with van der Waals surface area (Å²) < 4.78 is 3.20. The van der Waals surface area contributed by atoms with Crippen molar-refractivity contribution >= 4 is 11.7 Å². The normalized spacial score (nSPS) is 13.3. The van der Waals surface area contributed by atoms with E-state index in [2.05, 4.69) is 10.6 Å². The highest BCUT2D eigenvalue weighted by Gasteiger charge is 2.26. The molecule has 1 atom stereocenters. The fourth-order valence-electron chi connectivity index (χ4n) is 2.86. The van der Waals surface area contributed by atoms with E-state index in [-0.39, 0.29) is 17.9 Å². The van der Waals surface area contributed by atoms with Crippen LogP contribution in [0, 0.1) is 6.92 Å². The molecule has 0 radical (unpaired) electrons. The fourth-order valence-corrected chi connectivity index (χ4v) is 2.86. The third-order valence-electron chi connectivity index (χ3n) is 4.36. The van der Waals surface area contributed by atoms with Crippen LogP contribution in [0.2, 0.25) is 0 Å². The first-order chi connectivity index (χ1) is 11.8. The van der Waals surface area contributed by atoms with Gasteiger partial charge in [0, 0.05) is 7.05 Å². The summed E-state index contributed by atoms with van der Waals surface area (Å²) in [5, 5.41) is 14.9. The van der Waals surface area contributed by atoms with Crippen molar-refractivity contribution in [2.75, 3.05) is 11.9 Å². The van der Waals surface area contributed by atoms with Crippen molar-refractivity contribution < 1.29 is 9.90 Å². The Morgan fingerprint density at radius 3 is 2.48 bits per heavy atom. The Morgan fingerprint density at radius 1 is 1.28 bits per heavy atom. The minimum atomic E-state index is -0.722. The molecular weight excluding hydrogens is 320 g/mol. The Bertz CT molecular complexity index is 795. The molecule has 0 spiro atoms. The summed E-state index contributed by atoms with van der Waals surface area (Å²) in [6, 6.07) is 8.73. The van der Waals surface area contributed by atoms with E-state index in [9.17, 15) is 14.7 Å². The van der Waals surface area contributed by atoms with Crippen LogP contribution in [-0.4, -0.2) is 32.6 Å².